The molecule has 0 heterocycles. The molecule has 0 bridgehead atoms. The molecule has 0 saturated carbocycles. The summed E-state index contributed by atoms with van der Waals surface area (Å²) >= 11 is 1.88. The summed E-state index contributed by atoms with van der Waals surface area (Å²) in [5.74, 6) is 2.16. The predicted octanol–water partition coefficient (Wildman–Crippen LogP) is 1.86. The zero-order valence-electron chi connectivity index (χ0n) is 11.2. The lowest BCUT2D eigenvalue weighted by Gasteiger charge is -2.16. The lowest BCUT2D eigenvalue weighted by molar-refractivity contribution is 0.598. The van der Waals surface area contributed by atoms with E-state index in [0.29, 0.717) is 11.4 Å². The third-order valence-corrected chi connectivity index (χ3v) is 4.40. The first-order valence-corrected chi connectivity index (χ1v) is 8.80. The minimum absolute atomic E-state index is 0.0325. The van der Waals surface area contributed by atoms with E-state index >= 15 is 0 Å². The fourth-order valence-corrected chi connectivity index (χ4v) is 3.03. The van der Waals surface area contributed by atoms with Crippen molar-refractivity contribution in [2.45, 2.75) is 31.2 Å². The van der Waals surface area contributed by atoms with Gasteiger partial charge in [0.05, 0.1) is 4.90 Å². The van der Waals surface area contributed by atoms with Crippen LogP contribution in [-0.2, 0) is 10.0 Å². The zero-order chi connectivity index (χ0) is 14.5. The van der Waals surface area contributed by atoms with Crippen molar-refractivity contribution in [2.75, 3.05) is 22.6 Å². The van der Waals surface area contributed by atoms with Crippen molar-refractivity contribution in [1.82, 2.24) is 0 Å². The van der Waals surface area contributed by atoms with Gasteiger partial charge in [-0.05, 0) is 43.0 Å². The van der Waals surface area contributed by atoms with E-state index in [1.807, 2.05) is 11.8 Å². The van der Waals surface area contributed by atoms with E-state index in [1.165, 1.54) is 12.1 Å². The van der Waals surface area contributed by atoms with Gasteiger partial charge in [-0.15, -0.1) is 0 Å². The van der Waals surface area contributed by atoms with E-state index in [0.717, 1.165) is 17.9 Å². The van der Waals surface area contributed by atoms with Gasteiger partial charge >= 0.3 is 0 Å². The smallest absolute Gasteiger partial charge is 0.238 e. The van der Waals surface area contributed by atoms with E-state index in [-0.39, 0.29) is 10.9 Å². The summed E-state index contributed by atoms with van der Waals surface area (Å²) < 4.78 is 22.7. The predicted molar refractivity (Wildman–Crippen MR) is 82.9 cm³/mol. The van der Waals surface area contributed by atoms with Crippen molar-refractivity contribution < 1.29 is 8.42 Å². The van der Waals surface area contributed by atoms with Gasteiger partial charge < -0.3 is 11.1 Å². The highest BCUT2D eigenvalue weighted by Gasteiger charge is 2.11. The molecule has 5 N–H and O–H groups in total. The van der Waals surface area contributed by atoms with Crippen LogP contribution in [0.3, 0.4) is 0 Å². The Hall–Kier alpha value is -0.920. The van der Waals surface area contributed by atoms with Gasteiger partial charge in [-0.1, -0.05) is 6.92 Å². The summed E-state index contributed by atoms with van der Waals surface area (Å²) in [6.07, 6.45) is 0.998. The Bertz CT molecular complexity index is 518. The van der Waals surface area contributed by atoms with Crippen LogP contribution >= 0.6 is 11.8 Å². The molecule has 0 spiro atoms. The Labute approximate surface area is 119 Å². The largest absolute Gasteiger partial charge is 0.399 e. The van der Waals surface area contributed by atoms with Gasteiger partial charge in [-0.25, -0.2) is 13.6 Å². The van der Waals surface area contributed by atoms with E-state index in [4.69, 9.17) is 10.9 Å². The van der Waals surface area contributed by atoms with Crippen LogP contribution in [0.15, 0.2) is 23.1 Å². The topological polar surface area (TPSA) is 98.2 Å². The van der Waals surface area contributed by atoms with Crippen molar-refractivity contribution in [1.29, 1.82) is 0 Å². The van der Waals surface area contributed by atoms with Gasteiger partial charge in [-0.2, -0.15) is 11.8 Å². The van der Waals surface area contributed by atoms with E-state index in [1.54, 1.807) is 6.07 Å². The number of hydrogen-bond acceptors (Lipinski definition) is 5. The van der Waals surface area contributed by atoms with Crippen LogP contribution < -0.4 is 16.2 Å². The second kappa shape index (κ2) is 7.02. The molecule has 1 aromatic carbocycles. The maximum absolute atomic E-state index is 11.3. The van der Waals surface area contributed by atoms with Crippen LogP contribution in [0.2, 0.25) is 0 Å². The quantitative estimate of drug-likeness (QED) is 0.527. The third-order valence-electron chi connectivity index (χ3n) is 2.57. The monoisotopic (exact) mass is 303 g/mol. The van der Waals surface area contributed by atoms with Crippen LogP contribution in [0, 0.1) is 0 Å². The van der Waals surface area contributed by atoms with Crippen molar-refractivity contribution in [3.05, 3.63) is 18.2 Å². The summed E-state index contributed by atoms with van der Waals surface area (Å²) in [4.78, 5) is 0.0325. The first-order valence-electron chi connectivity index (χ1n) is 6.10. The number of nitrogens with two attached hydrogens (primary N) is 2. The SMILES string of the molecule is CCSCCC(C)Nc1cc(N)cc(S(N)(=O)=O)c1. The van der Waals surface area contributed by atoms with Crippen molar-refractivity contribution in [3.63, 3.8) is 0 Å². The maximum atomic E-state index is 11.3. The molecular formula is C12H21N3O2S2. The second-order valence-electron chi connectivity index (χ2n) is 4.37. The molecule has 0 amide bonds. The number of anilines is 2. The number of nitrogens with one attached hydrogen (secondary N) is 1. The number of benzene rings is 1. The average molecular weight is 303 g/mol. The Balaban J connectivity index is 2.76. The van der Waals surface area contributed by atoms with Gasteiger partial charge in [0.1, 0.15) is 0 Å². The Morgan fingerprint density at radius 1 is 1.37 bits per heavy atom. The number of rotatable bonds is 7. The fourth-order valence-electron chi connectivity index (χ4n) is 1.63. The minimum Gasteiger partial charge on any atom is -0.399 e. The number of hydrogen-bond donors (Lipinski definition) is 3. The summed E-state index contributed by atoms with van der Waals surface area (Å²) in [5, 5.41) is 8.35. The number of primary sulfonamides is 1. The van der Waals surface area contributed by atoms with Crippen LogP contribution in [0.4, 0.5) is 11.4 Å². The Kier molecular flexibility index (Phi) is 5.96. The summed E-state index contributed by atoms with van der Waals surface area (Å²) in [5.41, 5.74) is 6.75. The average Bonchev–Trinajstić information content (AvgIpc) is 2.27. The molecule has 1 unspecified atom stereocenters. The molecule has 0 fully saturated rings. The van der Waals surface area contributed by atoms with Gasteiger partial charge in [0, 0.05) is 17.4 Å². The molecule has 7 heteroatoms. The third kappa shape index (κ3) is 5.71. The summed E-state index contributed by atoms with van der Waals surface area (Å²) in [6.45, 7) is 4.18. The highest BCUT2D eigenvalue weighted by Crippen LogP contribution is 2.21. The first-order chi connectivity index (χ1) is 8.82. The minimum atomic E-state index is -3.73. The lowest BCUT2D eigenvalue weighted by Crippen LogP contribution is -2.17. The normalized spacial score (nSPS) is 13.2. The number of thioether (sulfide) groups is 1. The molecular weight excluding hydrogens is 282 g/mol. The van der Waals surface area contributed by atoms with Crippen LogP contribution in [-0.4, -0.2) is 26.0 Å². The Morgan fingerprint density at radius 3 is 2.63 bits per heavy atom. The molecule has 0 aliphatic rings. The van der Waals surface area contributed by atoms with Crippen molar-refractivity contribution in [2.24, 2.45) is 5.14 Å². The van der Waals surface area contributed by atoms with Crippen molar-refractivity contribution in [3.8, 4) is 0 Å². The van der Waals surface area contributed by atoms with Gasteiger partial charge in [0.15, 0.2) is 0 Å². The lowest BCUT2D eigenvalue weighted by atomic mass is 10.2. The molecule has 19 heavy (non-hydrogen) atoms. The zero-order valence-corrected chi connectivity index (χ0v) is 12.9. The van der Waals surface area contributed by atoms with Gasteiger partial charge in [0.2, 0.25) is 10.0 Å². The summed E-state index contributed by atoms with van der Waals surface area (Å²) in [6, 6.07) is 4.82. The van der Waals surface area contributed by atoms with E-state index in [2.05, 4.69) is 19.2 Å². The molecule has 108 valence electrons. The Morgan fingerprint density at radius 2 is 2.05 bits per heavy atom. The molecule has 0 aliphatic heterocycles. The fraction of sp³-hybridized carbons (Fsp3) is 0.500. The summed E-state index contributed by atoms with van der Waals surface area (Å²) in [7, 11) is -3.73. The van der Waals surface area contributed by atoms with Crippen molar-refractivity contribution >= 4 is 33.2 Å². The highest BCUT2D eigenvalue weighted by molar-refractivity contribution is 7.99. The molecule has 0 aliphatic carbocycles. The molecule has 1 aromatic rings. The molecule has 5 nitrogen and oxygen atoms in total. The van der Waals surface area contributed by atoms with Crippen LogP contribution in [0.25, 0.3) is 0 Å². The number of nitrogen functional groups attached to an aromatic ring is 1. The molecule has 0 aromatic heterocycles. The van der Waals surface area contributed by atoms with Crippen LogP contribution in [0.5, 0.6) is 0 Å². The number of sulfonamides is 1. The molecule has 1 atom stereocenters. The van der Waals surface area contributed by atoms with Gasteiger partial charge in [0.25, 0.3) is 0 Å². The van der Waals surface area contributed by atoms with E-state index < -0.39 is 10.0 Å². The van der Waals surface area contributed by atoms with Gasteiger partial charge in [-0.3, -0.25) is 0 Å². The first kappa shape index (κ1) is 16.1. The molecule has 0 saturated heterocycles. The maximum Gasteiger partial charge on any atom is 0.238 e. The molecule has 0 radical (unpaired) electrons. The standard InChI is InChI=1S/C12H21N3O2S2/c1-3-18-5-4-9(2)15-11-6-10(13)7-12(8-11)19(14,16)17/h6-9,15H,3-5,13H2,1-2H3,(H2,14,16,17). The van der Waals surface area contributed by atoms with Crippen LogP contribution in [0.1, 0.15) is 20.3 Å². The second-order valence-corrected chi connectivity index (χ2v) is 7.32. The molecule has 1 rings (SSSR count). The highest BCUT2D eigenvalue weighted by atomic mass is 32.2. The van der Waals surface area contributed by atoms with E-state index in [9.17, 15) is 8.42 Å².